The van der Waals surface area contributed by atoms with Crippen molar-refractivity contribution in [3.63, 3.8) is 0 Å². The summed E-state index contributed by atoms with van der Waals surface area (Å²) in [4.78, 5) is 27.3. The topological polar surface area (TPSA) is 101 Å². The van der Waals surface area contributed by atoms with Gasteiger partial charge in [0.05, 0.1) is 24.7 Å². The molecule has 4 aliphatic rings. The molecule has 5 rings (SSSR count). The average Bonchev–Trinajstić information content (AvgIpc) is 3.11. The van der Waals surface area contributed by atoms with Crippen LogP contribution in [0.5, 0.6) is 5.75 Å². The molecule has 0 spiro atoms. The highest BCUT2D eigenvalue weighted by Gasteiger charge is 2.59. The first-order valence-corrected chi connectivity index (χ1v) is 21.9. The van der Waals surface area contributed by atoms with E-state index in [0.29, 0.717) is 57.3 Å². The van der Waals surface area contributed by atoms with Crippen molar-refractivity contribution in [1.29, 1.82) is 0 Å². The number of rotatable bonds is 24. The standard InChI is InChI=1S/C47H78O8/c1-11-46(10,43(50)55-47(12-2)39-27-35-26-36(29-39)30-40(47)28-35)32-38(37-15-17-41(48)18-16-37)31-45(8,9)20-19-42(49)54-25-24-51-33(3)14-13-22-52-34(4)53-23-21-44(5,6)7/h15-18,33-36,38-40,48H,11-14,19-32H2,1-10H3. The molecule has 314 valence electrons. The third kappa shape index (κ3) is 13.5. The van der Waals surface area contributed by atoms with E-state index in [4.69, 9.17) is 23.7 Å². The lowest BCUT2D eigenvalue weighted by Crippen LogP contribution is -2.60. The highest BCUT2D eigenvalue weighted by Crippen LogP contribution is 2.61. The quantitative estimate of drug-likeness (QED) is 0.0630. The fraction of sp³-hybridized carbons (Fsp3) is 0.830. The largest absolute Gasteiger partial charge is 0.508 e. The number of phenols is 1. The molecule has 4 aliphatic carbocycles. The number of phenolic OH excluding ortho intramolecular Hbond substituents is 1. The summed E-state index contributed by atoms with van der Waals surface area (Å²) in [7, 11) is 0. The Bertz CT molecular complexity index is 1300. The SMILES string of the molecule is CCC(C)(CC(CC(C)(C)CCC(=O)OCCOC(C)CCCOC(C)OCCC(C)(C)C)c1ccc(O)cc1)C(=O)OC1(CC)C2CC3CC(C2)CC1C3. The number of hydrogen-bond acceptors (Lipinski definition) is 8. The summed E-state index contributed by atoms with van der Waals surface area (Å²) in [5, 5.41) is 10.1. The van der Waals surface area contributed by atoms with Gasteiger partial charge in [-0.15, -0.1) is 0 Å². The Hall–Kier alpha value is -2.16. The molecule has 1 aromatic carbocycles. The first-order valence-electron chi connectivity index (χ1n) is 21.9. The molecule has 4 unspecified atom stereocenters. The van der Waals surface area contributed by atoms with Gasteiger partial charge in [-0.2, -0.15) is 0 Å². The zero-order chi connectivity index (χ0) is 40.4. The van der Waals surface area contributed by atoms with Gasteiger partial charge in [0.2, 0.25) is 0 Å². The lowest BCUT2D eigenvalue weighted by molar-refractivity contribution is -0.219. The van der Waals surface area contributed by atoms with Gasteiger partial charge >= 0.3 is 11.9 Å². The molecule has 0 radical (unpaired) electrons. The Morgan fingerprint density at radius 3 is 2.00 bits per heavy atom. The van der Waals surface area contributed by atoms with Crippen molar-refractivity contribution in [3.8, 4) is 5.75 Å². The van der Waals surface area contributed by atoms with E-state index in [0.717, 1.165) is 49.5 Å². The minimum absolute atomic E-state index is 0.0432. The van der Waals surface area contributed by atoms with Crippen molar-refractivity contribution in [1.82, 2.24) is 0 Å². The molecule has 0 saturated heterocycles. The smallest absolute Gasteiger partial charge is 0.312 e. The average molecular weight is 771 g/mol. The normalized spacial score (nSPS) is 26.3. The van der Waals surface area contributed by atoms with E-state index in [1.54, 1.807) is 12.1 Å². The first-order chi connectivity index (χ1) is 25.9. The first kappa shape index (κ1) is 45.5. The van der Waals surface area contributed by atoms with Gasteiger partial charge in [-0.1, -0.05) is 60.6 Å². The fourth-order valence-electron chi connectivity index (χ4n) is 10.0. The molecule has 4 fully saturated rings. The zero-order valence-electron chi connectivity index (χ0n) is 36.4. The van der Waals surface area contributed by atoms with E-state index >= 15 is 0 Å². The Morgan fingerprint density at radius 1 is 0.800 bits per heavy atom. The van der Waals surface area contributed by atoms with E-state index in [1.165, 1.54) is 32.1 Å². The van der Waals surface area contributed by atoms with E-state index in [2.05, 4.69) is 55.4 Å². The zero-order valence-corrected chi connectivity index (χ0v) is 36.4. The summed E-state index contributed by atoms with van der Waals surface area (Å²) < 4.78 is 29.9. The number of carbonyl (C=O) groups is 2. The minimum Gasteiger partial charge on any atom is -0.508 e. The second kappa shape index (κ2) is 20.0. The van der Waals surface area contributed by atoms with Gasteiger partial charge in [-0.25, -0.2) is 0 Å². The van der Waals surface area contributed by atoms with Crippen LogP contribution in [0.25, 0.3) is 0 Å². The van der Waals surface area contributed by atoms with Gasteiger partial charge in [0.25, 0.3) is 0 Å². The molecule has 1 aromatic rings. The fourth-order valence-corrected chi connectivity index (χ4v) is 10.0. The Balaban J connectivity index is 1.23. The monoisotopic (exact) mass is 771 g/mol. The predicted octanol–water partition coefficient (Wildman–Crippen LogP) is 11.2. The summed E-state index contributed by atoms with van der Waals surface area (Å²) in [6.45, 7) is 23.3. The van der Waals surface area contributed by atoms with Gasteiger partial charge in [-0.3, -0.25) is 9.59 Å². The lowest BCUT2D eigenvalue weighted by Gasteiger charge is -2.60. The maximum atomic E-state index is 14.4. The molecule has 4 bridgehead atoms. The molecule has 0 aliphatic heterocycles. The summed E-state index contributed by atoms with van der Waals surface area (Å²) in [6.07, 6.45) is 12.7. The van der Waals surface area contributed by atoms with Crippen LogP contribution in [-0.2, 0) is 33.3 Å². The highest BCUT2D eigenvalue weighted by molar-refractivity contribution is 5.77. The lowest BCUT2D eigenvalue weighted by atomic mass is 9.49. The number of esters is 2. The maximum Gasteiger partial charge on any atom is 0.312 e. The van der Waals surface area contributed by atoms with Gasteiger partial charge in [0.15, 0.2) is 6.29 Å². The predicted molar refractivity (Wildman–Crippen MR) is 219 cm³/mol. The Morgan fingerprint density at radius 2 is 1.42 bits per heavy atom. The second-order valence-corrected chi connectivity index (χ2v) is 19.9. The van der Waals surface area contributed by atoms with Gasteiger partial charge in [0, 0.05) is 13.0 Å². The van der Waals surface area contributed by atoms with Crippen LogP contribution in [0.15, 0.2) is 24.3 Å². The number of hydrogen-bond donors (Lipinski definition) is 1. The van der Waals surface area contributed by atoms with E-state index in [1.807, 2.05) is 26.0 Å². The number of aromatic hydroxyl groups is 1. The van der Waals surface area contributed by atoms with Crippen molar-refractivity contribution >= 4 is 11.9 Å². The van der Waals surface area contributed by atoms with Crippen molar-refractivity contribution in [2.45, 2.75) is 183 Å². The van der Waals surface area contributed by atoms with E-state index in [-0.39, 0.29) is 59.0 Å². The van der Waals surface area contributed by atoms with Crippen LogP contribution in [0.2, 0.25) is 0 Å². The van der Waals surface area contributed by atoms with Gasteiger partial charge in [-0.05, 0) is 162 Å². The molecule has 8 heteroatoms. The van der Waals surface area contributed by atoms with Crippen LogP contribution < -0.4 is 0 Å². The van der Waals surface area contributed by atoms with Crippen molar-refractivity contribution in [2.24, 2.45) is 39.9 Å². The second-order valence-electron chi connectivity index (χ2n) is 19.9. The van der Waals surface area contributed by atoms with Gasteiger partial charge < -0.3 is 28.8 Å². The molecule has 8 nitrogen and oxygen atoms in total. The van der Waals surface area contributed by atoms with Crippen LogP contribution in [0.3, 0.4) is 0 Å². The third-order valence-corrected chi connectivity index (χ3v) is 13.6. The highest BCUT2D eigenvalue weighted by atomic mass is 16.7. The summed E-state index contributed by atoms with van der Waals surface area (Å²) in [6, 6.07) is 7.43. The number of benzene rings is 1. The minimum atomic E-state index is -0.655. The van der Waals surface area contributed by atoms with Crippen LogP contribution in [0.4, 0.5) is 0 Å². The van der Waals surface area contributed by atoms with Crippen LogP contribution in [0.1, 0.15) is 171 Å². The molecule has 0 heterocycles. The summed E-state index contributed by atoms with van der Waals surface area (Å²) >= 11 is 0. The van der Waals surface area contributed by atoms with Crippen molar-refractivity contribution in [3.05, 3.63) is 29.8 Å². The molecule has 0 aromatic heterocycles. The summed E-state index contributed by atoms with van der Waals surface area (Å²) in [5.41, 5.74) is 0.162. The van der Waals surface area contributed by atoms with Crippen molar-refractivity contribution < 1.29 is 38.4 Å². The van der Waals surface area contributed by atoms with Crippen molar-refractivity contribution in [2.75, 3.05) is 26.4 Å². The molecule has 1 N–H and O–H groups in total. The molecule has 55 heavy (non-hydrogen) atoms. The Labute approximate surface area is 334 Å². The Kier molecular flexibility index (Phi) is 16.6. The molecule has 0 amide bonds. The molecule has 4 saturated carbocycles. The van der Waals surface area contributed by atoms with Crippen LogP contribution in [0, 0.1) is 39.9 Å². The summed E-state index contributed by atoms with van der Waals surface area (Å²) in [5.74, 6) is 2.61. The van der Waals surface area contributed by atoms with E-state index < -0.39 is 5.41 Å². The van der Waals surface area contributed by atoms with E-state index in [9.17, 15) is 14.7 Å². The third-order valence-electron chi connectivity index (χ3n) is 13.6. The number of carbonyl (C=O) groups excluding carboxylic acids is 2. The molecular weight excluding hydrogens is 693 g/mol. The van der Waals surface area contributed by atoms with Gasteiger partial charge in [0.1, 0.15) is 18.0 Å². The molecular formula is C47H78O8. The molecule has 4 atom stereocenters. The van der Waals surface area contributed by atoms with Crippen LogP contribution >= 0.6 is 0 Å². The maximum absolute atomic E-state index is 14.4. The number of ether oxygens (including phenoxy) is 5. The van der Waals surface area contributed by atoms with Crippen LogP contribution in [-0.4, -0.2) is 61.5 Å².